The van der Waals surface area contributed by atoms with E-state index in [2.05, 4.69) is 10.6 Å². The predicted molar refractivity (Wildman–Crippen MR) is 108 cm³/mol. The van der Waals surface area contributed by atoms with Gasteiger partial charge in [-0.1, -0.05) is 18.2 Å². The lowest BCUT2D eigenvalue weighted by molar-refractivity contribution is -0.125. The first-order chi connectivity index (χ1) is 14.1. The second-order valence-electron chi connectivity index (χ2n) is 6.46. The number of carbonyl (C=O) groups excluding carboxylic acids is 3. The number of nitrogens with zero attached hydrogens (tertiary/aromatic N) is 1. The van der Waals surface area contributed by atoms with Crippen LogP contribution in [0.1, 0.15) is 12.8 Å². The highest BCUT2D eigenvalue weighted by Gasteiger charge is 2.24. The molecule has 2 aromatic carbocycles. The number of amides is 3. The van der Waals surface area contributed by atoms with Crippen LogP contribution < -0.4 is 25.0 Å². The zero-order valence-electron chi connectivity index (χ0n) is 16.1. The number of ether oxygens (including phenoxy) is 2. The monoisotopic (exact) mass is 397 g/mol. The number of methoxy groups -OCH3 is 1. The lowest BCUT2D eigenvalue weighted by atomic mass is 10.2. The molecule has 0 bridgehead atoms. The quantitative estimate of drug-likeness (QED) is 0.710. The first-order valence-corrected chi connectivity index (χ1v) is 9.29. The topological polar surface area (TPSA) is 97.0 Å². The van der Waals surface area contributed by atoms with Gasteiger partial charge in [-0.05, 0) is 36.8 Å². The van der Waals surface area contributed by atoms with Gasteiger partial charge in [0.2, 0.25) is 11.8 Å². The molecule has 3 amide bonds. The molecule has 2 N–H and O–H groups in total. The van der Waals surface area contributed by atoms with E-state index < -0.39 is 5.91 Å². The Bertz CT molecular complexity index is 885. The normalized spacial score (nSPS) is 13.1. The molecule has 0 aliphatic carbocycles. The number of anilines is 2. The summed E-state index contributed by atoms with van der Waals surface area (Å²) < 4.78 is 10.7. The van der Waals surface area contributed by atoms with Crippen molar-refractivity contribution in [1.82, 2.24) is 5.32 Å². The summed E-state index contributed by atoms with van der Waals surface area (Å²) in [6.45, 7) is 0.242. The van der Waals surface area contributed by atoms with Gasteiger partial charge >= 0.3 is 0 Å². The van der Waals surface area contributed by atoms with Gasteiger partial charge in [0, 0.05) is 18.7 Å². The van der Waals surface area contributed by atoms with E-state index in [-0.39, 0.29) is 25.0 Å². The standard InChI is InChI=1S/C21H23N3O5/c1-28-18-10-9-15(12-17(18)24-11-5-8-21(24)27)23-19(25)13-22-20(26)14-29-16-6-3-2-4-7-16/h2-4,6-7,9-10,12H,5,8,11,13-14H2,1H3,(H,22,26)(H,23,25). The highest BCUT2D eigenvalue weighted by atomic mass is 16.5. The summed E-state index contributed by atoms with van der Waals surface area (Å²) in [5.41, 5.74) is 1.13. The van der Waals surface area contributed by atoms with Crippen LogP contribution in [0.15, 0.2) is 48.5 Å². The first kappa shape index (κ1) is 20.2. The summed E-state index contributed by atoms with van der Waals surface area (Å²) >= 11 is 0. The molecular weight excluding hydrogens is 374 g/mol. The largest absolute Gasteiger partial charge is 0.495 e. The molecule has 0 spiro atoms. The predicted octanol–water partition coefficient (Wildman–Crippen LogP) is 1.96. The van der Waals surface area contributed by atoms with Gasteiger partial charge < -0.3 is 25.0 Å². The van der Waals surface area contributed by atoms with Crippen LogP contribution in [0, 0.1) is 0 Å². The summed E-state index contributed by atoms with van der Waals surface area (Å²) in [6, 6.07) is 14.0. The molecule has 8 nitrogen and oxygen atoms in total. The minimum atomic E-state index is -0.401. The van der Waals surface area contributed by atoms with Crippen LogP contribution in [0.2, 0.25) is 0 Å². The summed E-state index contributed by atoms with van der Waals surface area (Å²) in [6.07, 6.45) is 1.28. The third-order valence-electron chi connectivity index (χ3n) is 4.39. The van der Waals surface area contributed by atoms with E-state index in [4.69, 9.17) is 9.47 Å². The van der Waals surface area contributed by atoms with Crippen LogP contribution in [0.25, 0.3) is 0 Å². The molecule has 1 aliphatic rings. The van der Waals surface area contributed by atoms with Crippen molar-refractivity contribution in [2.24, 2.45) is 0 Å². The molecule has 0 saturated carbocycles. The minimum Gasteiger partial charge on any atom is -0.495 e. The Morgan fingerprint density at radius 3 is 2.59 bits per heavy atom. The van der Waals surface area contributed by atoms with Gasteiger partial charge in [0.15, 0.2) is 6.61 Å². The number of rotatable bonds is 8. The number of nitrogens with one attached hydrogen (secondary N) is 2. The van der Waals surface area contributed by atoms with Crippen LogP contribution in [0.4, 0.5) is 11.4 Å². The van der Waals surface area contributed by atoms with Gasteiger partial charge in [-0.15, -0.1) is 0 Å². The summed E-state index contributed by atoms with van der Waals surface area (Å²) in [4.78, 5) is 37.7. The van der Waals surface area contributed by atoms with Gasteiger partial charge in [0.25, 0.3) is 5.91 Å². The summed E-state index contributed by atoms with van der Waals surface area (Å²) in [7, 11) is 1.53. The maximum Gasteiger partial charge on any atom is 0.258 e. The molecule has 1 saturated heterocycles. The SMILES string of the molecule is COc1ccc(NC(=O)CNC(=O)COc2ccccc2)cc1N1CCCC1=O. The maximum atomic E-state index is 12.2. The molecule has 0 atom stereocenters. The summed E-state index contributed by atoms with van der Waals surface area (Å²) in [5, 5.41) is 5.22. The molecule has 0 radical (unpaired) electrons. The van der Waals surface area contributed by atoms with Crippen molar-refractivity contribution in [3.05, 3.63) is 48.5 Å². The van der Waals surface area contributed by atoms with Crippen molar-refractivity contribution >= 4 is 29.1 Å². The lowest BCUT2D eigenvalue weighted by Crippen LogP contribution is -2.35. The Labute approximate surface area is 168 Å². The molecular formula is C21H23N3O5. The zero-order chi connectivity index (χ0) is 20.6. The van der Waals surface area contributed by atoms with E-state index in [0.717, 1.165) is 6.42 Å². The van der Waals surface area contributed by atoms with E-state index in [1.807, 2.05) is 6.07 Å². The molecule has 152 valence electrons. The fourth-order valence-corrected chi connectivity index (χ4v) is 2.98. The average molecular weight is 397 g/mol. The highest BCUT2D eigenvalue weighted by Crippen LogP contribution is 2.33. The van der Waals surface area contributed by atoms with Crippen LogP contribution >= 0.6 is 0 Å². The highest BCUT2D eigenvalue weighted by molar-refractivity contribution is 5.99. The van der Waals surface area contributed by atoms with Crippen molar-refractivity contribution in [3.8, 4) is 11.5 Å². The van der Waals surface area contributed by atoms with Gasteiger partial charge in [0.1, 0.15) is 11.5 Å². The number of benzene rings is 2. The second-order valence-corrected chi connectivity index (χ2v) is 6.46. The minimum absolute atomic E-state index is 0.0254. The first-order valence-electron chi connectivity index (χ1n) is 9.29. The van der Waals surface area contributed by atoms with E-state index in [1.54, 1.807) is 47.4 Å². The number of hydrogen-bond donors (Lipinski definition) is 2. The van der Waals surface area contributed by atoms with Crippen molar-refractivity contribution in [2.45, 2.75) is 12.8 Å². The van der Waals surface area contributed by atoms with Gasteiger partial charge in [-0.25, -0.2) is 0 Å². The number of hydrogen-bond acceptors (Lipinski definition) is 5. The van der Waals surface area contributed by atoms with Gasteiger partial charge in [-0.3, -0.25) is 14.4 Å². The molecule has 1 heterocycles. The maximum absolute atomic E-state index is 12.2. The Balaban J connectivity index is 1.52. The van der Waals surface area contributed by atoms with Crippen LogP contribution in [0.5, 0.6) is 11.5 Å². The third-order valence-corrected chi connectivity index (χ3v) is 4.39. The number of para-hydroxylation sites is 1. The van der Waals surface area contributed by atoms with Crippen molar-refractivity contribution in [2.75, 3.05) is 37.0 Å². The van der Waals surface area contributed by atoms with E-state index in [1.165, 1.54) is 7.11 Å². The lowest BCUT2D eigenvalue weighted by Gasteiger charge is -2.20. The molecule has 0 aromatic heterocycles. The van der Waals surface area contributed by atoms with Crippen LogP contribution in [0.3, 0.4) is 0 Å². The molecule has 1 aliphatic heterocycles. The molecule has 3 rings (SSSR count). The molecule has 8 heteroatoms. The van der Waals surface area contributed by atoms with E-state index in [0.29, 0.717) is 35.8 Å². The smallest absolute Gasteiger partial charge is 0.258 e. The fourth-order valence-electron chi connectivity index (χ4n) is 2.98. The van der Waals surface area contributed by atoms with Crippen LogP contribution in [-0.2, 0) is 14.4 Å². The molecule has 0 unspecified atom stereocenters. The number of carbonyl (C=O) groups is 3. The van der Waals surface area contributed by atoms with Gasteiger partial charge in [-0.2, -0.15) is 0 Å². The van der Waals surface area contributed by atoms with E-state index >= 15 is 0 Å². The Morgan fingerprint density at radius 2 is 1.90 bits per heavy atom. The summed E-state index contributed by atoms with van der Waals surface area (Å²) in [5.74, 6) is 0.375. The van der Waals surface area contributed by atoms with Crippen molar-refractivity contribution < 1.29 is 23.9 Å². The van der Waals surface area contributed by atoms with Crippen molar-refractivity contribution in [1.29, 1.82) is 0 Å². The Morgan fingerprint density at radius 1 is 1.10 bits per heavy atom. The van der Waals surface area contributed by atoms with Crippen molar-refractivity contribution in [3.63, 3.8) is 0 Å². The molecule has 29 heavy (non-hydrogen) atoms. The van der Waals surface area contributed by atoms with Crippen LogP contribution in [-0.4, -0.2) is 44.5 Å². The zero-order valence-corrected chi connectivity index (χ0v) is 16.1. The molecule has 2 aromatic rings. The average Bonchev–Trinajstić information content (AvgIpc) is 3.17. The Kier molecular flexibility index (Phi) is 6.67. The second kappa shape index (κ2) is 9.59. The van der Waals surface area contributed by atoms with Gasteiger partial charge in [0.05, 0.1) is 19.3 Å². The molecule has 1 fully saturated rings. The van der Waals surface area contributed by atoms with E-state index in [9.17, 15) is 14.4 Å². The Hall–Kier alpha value is -3.55. The third kappa shape index (κ3) is 5.47. The fraction of sp³-hybridized carbons (Fsp3) is 0.286.